The topological polar surface area (TPSA) is 38.7 Å². The quantitative estimate of drug-likeness (QED) is 0.649. The molecule has 4 heteroatoms. The van der Waals surface area contributed by atoms with Crippen molar-refractivity contribution in [1.82, 2.24) is 15.0 Å². The zero-order valence-electron chi connectivity index (χ0n) is 6.68. The smallest absolute Gasteiger partial charge is 0.222 e. The fourth-order valence-electron chi connectivity index (χ4n) is 0.995. The van der Waals surface area contributed by atoms with Crippen LogP contribution in [0, 0.1) is 0 Å². The van der Waals surface area contributed by atoms with Crippen LogP contribution in [0.25, 0.3) is 11.1 Å². The molecular formula is C9H6ClN3. The third kappa shape index (κ3) is 1.81. The van der Waals surface area contributed by atoms with Crippen LogP contribution >= 0.6 is 11.6 Å². The highest BCUT2D eigenvalue weighted by molar-refractivity contribution is 6.28. The Bertz CT molecular complexity index is 385. The molecule has 0 aliphatic rings. The van der Waals surface area contributed by atoms with E-state index in [0.29, 0.717) is 0 Å². The van der Waals surface area contributed by atoms with E-state index in [2.05, 4.69) is 15.0 Å². The second kappa shape index (κ2) is 3.49. The second-order valence-electron chi connectivity index (χ2n) is 2.48. The minimum atomic E-state index is 0.257. The van der Waals surface area contributed by atoms with Crippen molar-refractivity contribution in [3.63, 3.8) is 0 Å². The average molecular weight is 192 g/mol. The van der Waals surface area contributed by atoms with Gasteiger partial charge < -0.3 is 0 Å². The molecule has 2 aromatic heterocycles. The van der Waals surface area contributed by atoms with Crippen LogP contribution in [0.15, 0.2) is 36.9 Å². The van der Waals surface area contributed by atoms with Crippen molar-refractivity contribution in [2.75, 3.05) is 0 Å². The Labute approximate surface area is 80.5 Å². The van der Waals surface area contributed by atoms with E-state index in [9.17, 15) is 0 Å². The van der Waals surface area contributed by atoms with E-state index < -0.39 is 0 Å². The van der Waals surface area contributed by atoms with Gasteiger partial charge in [-0.2, -0.15) is 0 Å². The summed E-state index contributed by atoms with van der Waals surface area (Å²) in [7, 11) is 0. The first-order chi connectivity index (χ1) is 6.36. The fourth-order valence-corrected chi connectivity index (χ4v) is 1.09. The van der Waals surface area contributed by atoms with Crippen molar-refractivity contribution in [2.24, 2.45) is 0 Å². The summed E-state index contributed by atoms with van der Waals surface area (Å²) in [5.74, 6) is 0. The lowest BCUT2D eigenvalue weighted by molar-refractivity contribution is 1.17. The largest absolute Gasteiger partial charge is 0.264 e. The number of hydrogen-bond acceptors (Lipinski definition) is 3. The number of halogens is 1. The molecular weight excluding hydrogens is 186 g/mol. The van der Waals surface area contributed by atoms with Crippen molar-refractivity contribution in [2.45, 2.75) is 0 Å². The van der Waals surface area contributed by atoms with Crippen LogP contribution in [0.2, 0.25) is 5.28 Å². The molecule has 0 amide bonds. The molecule has 2 heterocycles. The van der Waals surface area contributed by atoms with E-state index in [0.717, 1.165) is 11.1 Å². The summed E-state index contributed by atoms with van der Waals surface area (Å²) in [5, 5.41) is 0.257. The van der Waals surface area contributed by atoms with Gasteiger partial charge in [-0.15, -0.1) is 0 Å². The van der Waals surface area contributed by atoms with Crippen LogP contribution in [-0.4, -0.2) is 15.0 Å². The van der Waals surface area contributed by atoms with E-state index in [1.54, 1.807) is 24.8 Å². The molecule has 0 saturated heterocycles. The van der Waals surface area contributed by atoms with Crippen molar-refractivity contribution in [3.8, 4) is 11.1 Å². The van der Waals surface area contributed by atoms with Gasteiger partial charge in [0.2, 0.25) is 5.28 Å². The summed E-state index contributed by atoms with van der Waals surface area (Å²) in [5.41, 5.74) is 1.90. The third-order valence-electron chi connectivity index (χ3n) is 1.62. The Kier molecular flexibility index (Phi) is 2.19. The molecule has 2 rings (SSSR count). The molecule has 0 spiro atoms. The maximum atomic E-state index is 5.56. The number of aromatic nitrogens is 3. The van der Waals surface area contributed by atoms with E-state index in [4.69, 9.17) is 11.6 Å². The van der Waals surface area contributed by atoms with Crippen LogP contribution in [0.1, 0.15) is 0 Å². The molecule has 3 nitrogen and oxygen atoms in total. The first kappa shape index (κ1) is 8.13. The molecule has 64 valence electrons. The summed E-state index contributed by atoms with van der Waals surface area (Å²) in [6.45, 7) is 0. The van der Waals surface area contributed by atoms with Gasteiger partial charge in [0.05, 0.1) is 0 Å². The van der Waals surface area contributed by atoms with Gasteiger partial charge in [-0.25, -0.2) is 9.97 Å². The van der Waals surface area contributed by atoms with Crippen LogP contribution in [0.5, 0.6) is 0 Å². The normalized spacial score (nSPS) is 9.92. The maximum absolute atomic E-state index is 5.56. The molecule has 0 atom stereocenters. The summed E-state index contributed by atoms with van der Waals surface area (Å²) < 4.78 is 0. The van der Waals surface area contributed by atoms with Gasteiger partial charge in [0, 0.05) is 35.9 Å². The van der Waals surface area contributed by atoms with E-state index >= 15 is 0 Å². The molecule has 2 aromatic rings. The fraction of sp³-hybridized carbons (Fsp3) is 0. The molecule has 0 bridgehead atoms. The lowest BCUT2D eigenvalue weighted by Gasteiger charge is -1.97. The molecule has 0 aliphatic heterocycles. The lowest BCUT2D eigenvalue weighted by Crippen LogP contribution is -1.84. The van der Waals surface area contributed by atoms with Crippen LogP contribution < -0.4 is 0 Å². The summed E-state index contributed by atoms with van der Waals surface area (Å²) in [6, 6.07) is 3.81. The molecule has 0 N–H and O–H groups in total. The van der Waals surface area contributed by atoms with Gasteiger partial charge in [-0.3, -0.25) is 4.98 Å². The Morgan fingerprint density at radius 1 is 1.00 bits per heavy atom. The number of pyridine rings is 1. The molecule has 0 aromatic carbocycles. The number of rotatable bonds is 1. The van der Waals surface area contributed by atoms with E-state index in [-0.39, 0.29) is 5.28 Å². The Morgan fingerprint density at radius 2 is 1.77 bits per heavy atom. The van der Waals surface area contributed by atoms with Gasteiger partial charge in [0.25, 0.3) is 0 Å². The van der Waals surface area contributed by atoms with Gasteiger partial charge in [-0.05, 0) is 17.7 Å². The lowest BCUT2D eigenvalue weighted by atomic mass is 10.2. The average Bonchev–Trinajstić information content (AvgIpc) is 2.20. The SMILES string of the molecule is Clc1ncc(-c2cccnc2)cn1. The number of hydrogen-bond donors (Lipinski definition) is 0. The minimum Gasteiger partial charge on any atom is -0.264 e. The standard InChI is InChI=1S/C9H6ClN3/c10-9-12-5-8(6-13-9)7-2-1-3-11-4-7/h1-6H. The molecule has 0 radical (unpaired) electrons. The zero-order valence-corrected chi connectivity index (χ0v) is 7.44. The van der Waals surface area contributed by atoms with Crippen LogP contribution in [0.4, 0.5) is 0 Å². The van der Waals surface area contributed by atoms with Crippen LogP contribution in [-0.2, 0) is 0 Å². The van der Waals surface area contributed by atoms with Crippen molar-refractivity contribution >= 4 is 11.6 Å². The zero-order chi connectivity index (χ0) is 9.10. The van der Waals surface area contributed by atoms with E-state index in [1.165, 1.54) is 0 Å². The van der Waals surface area contributed by atoms with E-state index in [1.807, 2.05) is 12.1 Å². The summed E-state index contributed by atoms with van der Waals surface area (Å²) in [6.07, 6.45) is 6.82. The molecule has 0 fully saturated rings. The molecule has 13 heavy (non-hydrogen) atoms. The molecule has 0 aliphatic carbocycles. The van der Waals surface area contributed by atoms with Crippen LogP contribution in [0.3, 0.4) is 0 Å². The second-order valence-corrected chi connectivity index (χ2v) is 2.82. The Balaban J connectivity index is 2.42. The first-order valence-electron chi connectivity index (χ1n) is 3.74. The van der Waals surface area contributed by atoms with Crippen molar-refractivity contribution in [3.05, 3.63) is 42.2 Å². The van der Waals surface area contributed by atoms with Gasteiger partial charge in [-0.1, -0.05) is 6.07 Å². The van der Waals surface area contributed by atoms with Gasteiger partial charge >= 0.3 is 0 Å². The van der Waals surface area contributed by atoms with Crippen molar-refractivity contribution < 1.29 is 0 Å². The minimum absolute atomic E-state index is 0.257. The van der Waals surface area contributed by atoms with Crippen molar-refractivity contribution in [1.29, 1.82) is 0 Å². The van der Waals surface area contributed by atoms with Gasteiger partial charge in [0.1, 0.15) is 0 Å². The molecule has 0 saturated carbocycles. The highest BCUT2D eigenvalue weighted by atomic mass is 35.5. The van der Waals surface area contributed by atoms with Gasteiger partial charge in [0.15, 0.2) is 0 Å². The maximum Gasteiger partial charge on any atom is 0.222 e. The summed E-state index contributed by atoms with van der Waals surface area (Å²) >= 11 is 5.56. The Morgan fingerprint density at radius 3 is 2.38 bits per heavy atom. The summed E-state index contributed by atoms with van der Waals surface area (Å²) in [4.78, 5) is 11.8. The highest BCUT2D eigenvalue weighted by Gasteiger charge is 1.97. The highest BCUT2D eigenvalue weighted by Crippen LogP contribution is 2.15. The predicted molar refractivity (Wildman–Crippen MR) is 50.3 cm³/mol. The Hall–Kier alpha value is -1.48. The monoisotopic (exact) mass is 191 g/mol. The first-order valence-corrected chi connectivity index (χ1v) is 4.12. The predicted octanol–water partition coefficient (Wildman–Crippen LogP) is 2.19. The molecule has 0 unspecified atom stereocenters. The number of nitrogens with zero attached hydrogens (tertiary/aromatic N) is 3. The third-order valence-corrected chi connectivity index (χ3v) is 1.81.